The molecule has 0 aromatic heterocycles. The molecular weight excluding hydrogens is 320 g/mol. The summed E-state index contributed by atoms with van der Waals surface area (Å²) in [5.41, 5.74) is 5.27. The number of hydrogen-bond donors (Lipinski definition) is 1. The first-order valence-corrected chi connectivity index (χ1v) is 9.81. The summed E-state index contributed by atoms with van der Waals surface area (Å²) in [6, 6.07) is 15.6. The van der Waals surface area contributed by atoms with Crippen LogP contribution in [0.15, 0.2) is 42.5 Å². The van der Waals surface area contributed by atoms with Crippen molar-refractivity contribution in [1.82, 2.24) is 5.01 Å². The molecule has 2 aromatic rings. The number of nitrogens with two attached hydrogens (primary N) is 1. The smallest absolute Gasteiger partial charge is 0.126 e. The van der Waals surface area contributed by atoms with Crippen LogP contribution in [0.1, 0.15) is 55.0 Å². The van der Waals surface area contributed by atoms with Gasteiger partial charge in [-0.3, -0.25) is 5.84 Å². The number of rotatable bonds is 3. The van der Waals surface area contributed by atoms with Crippen LogP contribution < -0.4 is 10.6 Å². The maximum atomic E-state index is 6.44. The van der Waals surface area contributed by atoms with E-state index in [9.17, 15) is 0 Å². The number of fused-ring (bicyclic) bond motifs is 1. The van der Waals surface area contributed by atoms with Crippen LogP contribution in [0.5, 0.6) is 5.75 Å². The van der Waals surface area contributed by atoms with Gasteiger partial charge < -0.3 is 4.74 Å². The van der Waals surface area contributed by atoms with E-state index in [-0.39, 0.29) is 11.6 Å². The van der Waals surface area contributed by atoms with Crippen molar-refractivity contribution >= 4 is 0 Å². The molecule has 0 unspecified atom stereocenters. The van der Waals surface area contributed by atoms with Gasteiger partial charge in [0.05, 0.1) is 6.04 Å². The Bertz CT molecular complexity index is 784. The van der Waals surface area contributed by atoms with E-state index >= 15 is 0 Å². The van der Waals surface area contributed by atoms with Gasteiger partial charge in [-0.1, -0.05) is 48.0 Å². The Balaban J connectivity index is 1.66. The first-order valence-electron chi connectivity index (χ1n) is 9.81. The van der Waals surface area contributed by atoms with Gasteiger partial charge in [-0.15, -0.1) is 0 Å². The van der Waals surface area contributed by atoms with Crippen LogP contribution in [-0.2, 0) is 12.8 Å². The lowest BCUT2D eigenvalue weighted by Crippen LogP contribution is -2.44. The highest BCUT2D eigenvalue weighted by Crippen LogP contribution is 2.42. The monoisotopic (exact) mass is 350 g/mol. The lowest BCUT2D eigenvalue weighted by atomic mass is 9.81. The fraction of sp³-hybridized carbons (Fsp3) is 0.478. The van der Waals surface area contributed by atoms with Crippen LogP contribution in [-0.4, -0.2) is 17.2 Å². The average Bonchev–Trinajstić information content (AvgIpc) is 2.90. The standard InChI is InChI=1S/C23H30N2O/c1-16-12-19(22-20(13-16)15-23(2,3)26-22)14-18-10-7-11-25(24)21(18)17-8-5-4-6-9-17/h4-6,8-9,12-13,18,21H,7,10-11,14-15,24H2,1-3H3/t18-,21+/m0/s1. The van der Waals surface area contributed by atoms with E-state index in [1.165, 1.54) is 28.7 Å². The topological polar surface area (TPSA) is 38.5 Å². The van der Waals surface area contributed by atoms with Gasteiger partial charge in [-0.05, 0) is 62.6 Å². The Morgan fingerprint density at radius 1 is 1.19 bits per heavy atom. The summed E-state index contributed by atoms with van der Waals surface area (Å²) in [5.74, 6) is 8.08. The van der Waals surface area contributed by atoms with E-state index in [4.69, 9.17) is 10.6 Å². The number of benzene rings is 2. The minimum atomic E-state index is -0.101. The third-order valence-corrected chi connectivity index (χ3v) is 5.80. The van der Waals surface area contributed by atoms with Gasteiger partial charge in [0.15, 0.2) is 0 Å². The van der Waals surface area contributed by atoms with Crippen LogP contribution >= 0.6 is 0 Å². The predicted molar refractivity (Wildman–Crippen MR) is 106 cm³/mol. The number of hydrazine groups is 1. The highest BCUT2D eigenvalue weighted by molar-refractivity contribution is 5.48. The molecule has 2 N–H and O–H groups in total. The number of nitrogens with zero attached hydrogens (tertiary/aromatic N) is 1. The minimum Gasteiger partial charge on any atom is -0.487 e. The second-order valence-corrected chi connectivity index (χ2v) is 8.65. The Hall–Kier alpha value is -1.84. The predicted octanol–water partition coefficient (Wildman–Crippen LogP) is 4.58. The second-order valence-electron chi connectivity index (χ2n) is 8.65. The molecule has 0 aliphatic carbocycles. The molecular formula is C23H30N2O. The van der Waals surface area contributed by atoms with Crippen LogP contribution in [0.2, 0.25) is 0 Å². The first kappa shape index (κ1) is 17.6. The van der Waals surface area contributed by atoms with E-state index in [0.29, 0.717) is 5.92 Å². The SMILES string of the molecule is Cc1cc(C[C@@H]2CCCN(N)[C@@H]2c2ccccc2)c2c(c1)CC(C)(C)O2. The summed E-state index contributed by atoms with van der Waals surface area (Å²) in [6.45, 7) is 7.52. The summed E-state index contributed by atoms with van der Waals surface area (Å²) in [5, 5.41) is 2.05. The molecule has 0 bridgehead atoms. The second kappa shape index (κ2) is 6.71. The molecule has 0 spiro atoms. The molecule has 2 aliphatic heterocycles. The molecule has 0 radical (unpaired) electrons. The minimum absolute atomic E-state index is 0.101. The largest absolute Gasteiger partial charge is 0.487 e. The summed E-state index contributed by atoms with van der Waals surface area (Å²) < 4.78 is 6.34. The number of ether oxygens (including phenoxy) is 1. The van der Waals surface area contributed by atoms with Crippen molar-refractivity contribution in [3.05, 3.63) is 64.7 Å². The molecule has 4 rings (SSSR count). The maximum absolute atomic E-state index is 6.44. The van der Waals surface area contributed by atoms with Gasteiger partial charge in [0.1, 0.15) is 11.4 Å². The quantitative estimate of drug-likeness (QED) is 0.824. The zero-order valence-electron chi connectivity index (χ0n) is 16.2. The zero-order valence-corrected chi connectivity index (χ0v) is 16.2. The molecule has 2 aromatic carbocycles. The summed E-state index contributed by atoms with van der Waals surface area (Å²) in [4.78, 5) is 0. The Morgan fingerprint density at radius 3 is 2.73 bits per heavy atom. The molecule has 1 saturated heterocycles. The van der Waals surface area contributed by atoms with E-state index in [1.54, 1.807) is 0 Å². The first-order chi connectivity index (χ1) is 12.4. The van der Waals surface area contributed by atoms with E-state index in [0.717, 1.165) is 31.6 Å². The average molecular weight is 351 g/mol. The Labute approximate surface area is 157 Å². The lowest BCUT2D eigenvalue weighted by molar-refractivity contribution is 0.0909. The van der Waals surface area contributed by atoms with Crippen molar-refractivity contribution in [2.75, 3.05) is 6.54 Å². The molecule has 2 aliphatic rings. The van der Waals surface area contributed by atoms with Gasteiger partial charge in [0.25, 0.3) is 0 Å². The van der Waals surface area contributed by atoms with Gasteiger partial charge in [0.2, 0.25) is 0 Å². The van der Waals surface area contributed by atoms with Crippen LogP contribution in [0.3, 0.4) is 0 Å². The number of hydrogen-bond acceptors (Lipinski definition) is 3. The molecule has 2 atom stereocenters. The van der Waals surface area contributed by atoms with E-state index in [1.807, 2.05) is 5.01 Å². The normalized spacial score (nSPS) is 24.9. The van der Waals surface area contributed by atoms with Crippen LogP contribution in [0, 0.1) is 12.8 Å². The van der Waals surface area contributed by atoms with E-state index < -0.39 is 0 Å². The maximum Gasteiger partial charge on any atom is 0.126 e. The van der Waals surface area contributed by atoms with Crippen LogP contribution in [0.4, 0.5) is 0 Å². The third-order valence-electron chi connectivity index (χ3n) is 5.80. The highest BCUT2D eigenvalue weighted by atomic mass is 16.5. The van der Waals surface area contributed by atoms with Crippen molar-refractivity contribution < 1.29 is 4.74 Å². The summed E-state index contributed by atoms with van der Waals surface area (Å²) >= 11 is 0. The zero-order chi connectivity index (χ0) is 18.3. The van der Waals surface area contributed by atoms with Gasteiger partial charge >= 0.3 is 0 Å². The third kappa shape index (κ3) is 3.38. The van der Waals surface area contributed by atoms with Crippen molar-refractivity contribution in [3.8, 4) is 5.75 Å². The molecule has 138 valence electrons. The molecule has 0 amide bonds. The lowest BCUT2D eigenvalue weighted by Gasteiger charge is -2.39. The Kier molecular flexibility index (Phi) is 4.54. The van der Waals surface area contributed by atoms with E-state index in [2.05, 4.69) is 63.2 Å². The molecule has 1 fully saturated rings. The summed E-state index contributed by atoms with van der Waals surface area (Å²) in [6.07, 6.45) is 4.38. The molecule has 3 nitrogen and oxygen atoms in total. The number of piperidine rings is 1. The molecule has 2 heterocycles. The van der Waals surface area contributed by atoms with Crippen LogP contribution in [0.25, 0.3) is 0 Å². The van der Waals surface area contributed by atoms with Gasteiger partial charge in [-0.2, -0.15) is 0 Å². The Morgan fingerprint density at radius 2 is 1.96 bits per heavy atom. The fourth-order valence-corrected chi connectivity index (χ4v) is 4.83. The van der Waals surface area contributed by atoms with Crippen molar-refractivity contribution in [2.24, 2.45) is 11.8 Å². The highest BCUT2D eigenvalue weighted by Gasteiger charge is 2.35. The van der Waals surface area contributed by atoms with Crippen molar-refractivity contribution in [2.45, 2.75) is 58.1 Å². The molecule has 3 heteroatoms. The summed E-state index contributed by atoms with van der Waals surface area (Å²) in [7, 11) is 0. The van der Waals surface area contributed by atoms with Gasteiger partial charge in [-0.25, -0.2) is 5.01 Å². The van der Waals surface area contributed by atoms with Crippen molar-refractivity contribution in [3.63, 3.8) is 0 Å². The molecule has 0 saturated carbocycles. The number of aryl methyl sites for hydroxylation is 1. The fourth-order valence-electron chi connectivity index (χ4n) is 4.83. The van der Waals surface area contributed by atoms with Crippen molar-refractivity contribution in [1.29, 1.82) is 0 Å². The van der Waals surface area contributed by atoms with Gasteiger partial charge in [0, 0.05) is 13.0 Å². The molecule has 26 heavy (non-hydrogen) atoms.